The van der Waals surface area contributed by atoms with Crippen molar-refractivity contribution in [3.63, 3.8) is 0 Å². The monoisotopic (exact) mass is 496 g/mol. The molecule has 0 bridgehead atoms. The van der Waals surface area contributed by atoms with Gasteiger partial charge in [0.15, 0.2) is 6.29 Å². The first kappa shape index (κ1) is 23.2. The quantitative estimate of drug-likeness (QED) is 0.0985. The summed E-state index contributed by atoms with van der Waals surface area (Å²) in [5, 5.41) is 7.43. The minimum Gasteiger partial charge on any atom is -0.326 e. The molecule has 3 aromatic carbocycles. The van der Waals surface area contributed by atoms with Crippen molar-refractivity contribution in [3.8, 4) is 0 Å². The molecular weight excluding hydrogens is 472 g/mol. The predicted octanol–water partition coefficient (Wildman–Crippen LogP) is 6.66. The van der Waals surface area contributed by atoms with Crippen LogP contribution in [0.5, 0.6) is 0 Å². The minimum atomic E-state index is 0.449. The lowest BCUT2D eigenvalue weighted by molar-refractivity contribution is -0.102. The highest BCUT2D eigenvalue weighted by Crippen LogP contribution is 2.30. The molecule has 0 amide bonds. The number of pyridine rings is 1. The molecule has 1 aliphatic carbocycles. The molecule has 1 heterocycles. The van der Waals surface area contributed by atoms with Crippen molar-refractivity contribution < 1.29 is 4.79 Å². The lowest BCUT2D eigenvalue weighted by atomic mass is 9.90. The van der Waals surface area contributed by atoms with Crippen molar-refractivity contribution in [2.24, 2.45) is 5.10 Å². The minimum absolute atomic E-state index is 0.449. The Hall–Kier alpha value is -3.55. The summed E-state index contributed by atoms with van der Waals surface area (Å²) in [6.45, 7) is 0. The highest BCUT2D eigenvalue weighted by molar-refractivity contribution is 8.00. The van der Waals surface area contributed by atoms with Crippen LogP contribution >= 0.6 is 24.6 Å². The fourth-order valence-electron chi connectivity index (χ4n) is 4.03. The van der Waals surface area contributed by atoms with Gasteiger partial charge < -0.3 is 4.72 Å². The van der Waals surface area contributed by atoms with E-state index in [4.69, 9.17) is 0 Å². The molecule has 0 saturated carbocycles. The van der Waals surface area contributed by atoms with Gasteiger partial charge in [-0.15, -0.1) is 12.6 Å². The average Bonchev–Trinajstić information content (AvgIpc) is 2.90. The third-order valence-electron chi connectivity index (χ3n) is 5.93. The highest BCUT2D eigenvalue weighted by Gasteiger charge is 2.16. The van der Waals surface area contributed by atoms with Crippen LogP contribution in [0.25, 0.3) is 17.0 Å². The van der Waals surface area contributed by atoms with E-state index in [2.05, 4.69) is 76.0 Å². The van der Waals surface area contributed by atoms with E-state index in [1.165, 1.54) is 5.56 Å². The standard InChI is InChI=1S/C28H24N4OS2/c1-32(24-9-11-25(34)12-10-24)30-28(18-33)21-5-4-19-6-8-23(16-22(19)15-21)31-35-26-13-7-20-3-2-14-29-27(20)17-26/h2-3,6-18,31,34H,4-5H2,1H3/b30-28-. The molecule has 35 heavy (non-hydrogen) atoms. The first-order chi connectivity index (χ1) is 17.1. The number of rotatable bonds is 7. The maximum absolute atomic E-state index is 11.9. The highest BCUT2D eigenvalue weighted by atomic mass is 32.2. The molecule has 7 heteroatoms. The fraction of sp³-hybridized carbons (Fsp3) is 0.107. The Morgan fingerprint density at radius 1 is 1.09 bits per heavy atom. The fourth-order valence-corrected chi connectivity index (χ4v) is 4.85. The largest absolute Gasteiger partial charge is 0.326 e. The van der Waals surface area contributed by atoms with Gasteiger partial charge in [0.2, 0.25) is 0 Å². The summed E-state index contributed by atoms with van der Waals surface area (Å²) in [6, 6.07) is 24.3. The molecular formula is C28H24N4OS2. The van der Waals surface area contributed by atoms with Crippen molar-refractivity contribution >= 4 is 64.9 Å². The van der Waals surface area contributed by atoms with E-state index >= 15 is 0 Å². The number of allylic oxidation sites excluding steroid dienone is 1. The molecule has 0 spiro atoms. The number of benzene rings is 3. The second-order valence-electron chi connectivity index (χ2n) is 8.29. The van der Waals surface area contributed by atoms with E-state index in [-0.39, 0.29) is 0 Å². The zero-order chi connectivity index (χ0) is 24.2. The van der Waals surface area contributed by atoms with Crippen LogP contribution in [0.3, 0.4) is 0 Å². The number of hydrazone groups is 1. The summed E-state index contributed by atoms with van der Waals surface area (Å²) in [5.74, 6) is 0. The van der Waals surface area contributed by atoms with Gasteiger partial charge in [-0.1, -0.05) is 18.2 Å². The van der Waals surface area contributed by atoms with Crippen molar-refractivity contribution in [2.45, 2.75) is 22.6 Å². The number of hydrogen-bond acceptors (Lipinski definition) is 7. The van der Waals surface area contributed by atoms with E-state index in [0.717, 1.165) is 62.3 Å². The number of hydrogen-bond donors (Lipinski definition) is 2. The Kier molecular flexibility index (Phi) is 6.88. The number of carbonyl (C=O) groups excluding carboxylic acids is 1. The Morgan fingerprint density at radius 2 is 1.94 bits per heavy atom. The van der Waals surface area contributed by atoms with Gasteiger partial charge in [0.25, 0.3) is 0 Å². The van der Waals surface area contributed by atoms with Crippen LogP contribution < -0.4 is 9.73 Å². The van der Waals surface area contributed by atoms with Crippen molar-refractivity contribution in [1.29, 1.82) is 0 Å². The number of nitrogens with one attached hydrogen (secondary N) is 1. The van der Waals surface area contributed by atoms with E-state index < -0.39 is 0 Å². The van der Waals surface area contributed by atoms with Crippen LogP contribution in [0, 0.1) is 0 Å². The van der Waals surface area contributed by atoms with Crippen LogP contribution in [-0.4, -0.2) is 24.0 Å². The average molecular weight is 497 g/mol. The first-order valence-corrected chi connectivity index (χ1v) is 12.5. The molecule has 0 fully saturated rings. The van der Waals surface area contributed by atoms with Gasteiger partial charge in [-0.3, -0.25) is 14.8 Å². The molecule has 0 saturated heterocycles. The molecule has 1 aromatic heterocycles. The third-order valence-corrected chi connectivity index (χ3v) is 7.05. The summed E-state index contributed by atoms with van der Waals surface area (Å²) in [4.78, 5) is 18.3. The van der Waals surface area contributed by atoms with Crippen LogP contribution in [-0.2, 0) is 11.2 Å². The number of fused-ring (bicyclic) bond motifs is 2. The summed E-state index contributed by atoms with van der Waals surface area (Å²) < 4.78 is 3.44. The number of aldehydes is 1. The van der Waals surface area contributed by atoms with Gasteiger partial charge in [0.1, 0.15) is 5.71 Å². The molecule has 5 rings (SSSR count). The summed E-state index contributed by atoms with van der Waals surface area (Å²) in [6.07, 6.45) is 6.37. The number of aromatic nitrogens is 1. The number of carbonyl (C=O) groups is 1. The summed E-state index contributed by atoms with van der Waals surface area (Å²) in [7, 11) is 1.84. The Bertz CT molecular complexity index is 1450. The van der Waals surface area contributed by atoms with Crippen molar-refractivity contribution in [3.05, 3.63) is 95.7 Å². The molecule has 0 aliphatic heterocycles. The maximum atomic E-state index is 11.9. The normalized spacial score (nSPS) is 13.2. The molecule has 4 aromatic rings. The molecule has 0 radical (unpaired) electrons. The van der Waals surface area contributed by atoms with Crippen LogP contribution in [0.4, 0.5) is 11.4 Å². The molecule has 0 unspecified atom stereocenters. The molecule has 0 atom stereocenters. The van der Waals surface area contributed by atoms with Gasteiger partial charge in [-0.05, 0) is 102 Å². The van der Waals surface area contributed by atoms with E-state index in [9.17, 15) is 4.79 Å². The van der Waals surface area contributed by atoms with Crippen LogP contribution in [0.2, 0.25) is 0 Å². The first-order valence-electron chi connectivity index (χ1n) is 11.3. The summed E-state index contributed by atoms with van der Waals surface area (Å²) >= 11 is 5.88. The Labute approximate surface area is 214 Å². The van der Waals surface area contributed by atoms with Gasteiger partial charge in [-0.25, -0.2) is 0 Å². The summed E-state index contributed by atoms with van der Waals surface area (Å²) in [5.41, 5.74) is 6.63. The second-order valence-corrected chi connectivity index (χ2v) is 9.68. The van der Waals surface area contributed by atoms with Gasteiger partial charge >= 0.3 is 0 Å². The topological polar surface area (TPSA) is 57.6 Å². The SMILES string of the molecule is CN(/N=C(/C=O)C1=Cc2cc(NSc3ccc4cccnc4c3)ccc2CC1)c1ccc(S)cc1. The number of aryl methyl sites for hydroxylation is 1. The van der Waals surface area contributed by atoms with E-state index in [0.29, 0.717) is 5.71 Å². The van der Waals surface area contributed by atoms with Gasteiger partial charge in [-0.2, -0.15) is 5.10 Å². The van der Waals surface area contributed by atoms with Crippen LogP contribution in [0.1, 0.15) is 17.5 Å². The second kappa shape index (κ2) is 10.4. The smallest absolute Gasteiger partial charge is 0.170 e. The molecule has 5 nitrogen and oxygen atoms in total. The van der Waals surface area contributed by atoms with Gasteiger partial charge in [0, 0.05) is 34.1 Å². The zero-order valence-electron chi connectivity index (χ0n) is 19.2. The van der Waals surface area contributed by atoms with Crippen molar-refractivity contribution in [2.75, 3.05) is 16.8 Å². The number of nitrogens with zero attached hydrogens (tertiary/aromatic N) is 3. The lowest BCUT2D eigenvalue weighted by Gasteiger charge is -2.19. The maximum Gasteiger partial charge on any atom is 0.170 e. The number of anilines is 2. The lowest BCUT2D eigenvalue weighted by Crippen LogP contribution is -2.17. The third kappa shape index (κ3) is 5.42. The Morgan fingerprint density at radius 3 is 2.77 bits per heavy atom. The molecule has 174 valence electrons. The number of thiol groups is 1. The van der Waals surface area contributed by atoms with E-state index in [1.807, 2.05) is 43.6 Å². The molecule has 1 N–H and O–H groups in total. The predicted molar refractivity (Wildman–Crippen MR) is 150 cm³/mol. The molecule has 1 aliphatic rings. The van der Waals surface area contributed by atoms with Crippen molar-refractivity contribution in [1.82, 2.24) is 4.98 Å². The van der Waals surface area contributed by atoms with Crippen LogP contribution in [0.15, 0.2) is 99.5 Å². The Balaban J connectivity index is 1.34. The van der Waals surface area contributed by atoms with E-state index in [1.54, 1.807) is 17.0 Å². The zero-order valence-corrected chi connectivity index (χ0v) is 20.9. The van der Waals surface area contributed by atoms with Gasteiger partial charge in [0.05, 0.1) is 11.2 Å².